The maximum absolute atomic E-state index is 12.8. The highest BCUT2D eigenvalue weighted by molar-refractivity contribution is 5.89. The average Bonchev–Trinajstić information content (AvgIpc) is 2.81. The summed E-state index contributed by atoms with van der Waals surface area (Å²) >= 11 is 0. The van der Waals surface area contributed by atoms with Gasteiger partial charge >= 0.3 is 0 Å². The molecule has 1 aromatic heterocycles. The monoisotopic (exact) mass is 434 g/mol. The van der Waals surface area contributed by atoms with Crippen LogP contribution in [-0.2, 0) is 22.4 Å². The van der Waals surface area contributed by atoms with Crippen molar-refractivity contribution in [3.8, 4) is 0 Å². The van der Waals surface area contributed by atoms with Crippen molar-refractivity contribution in [2.45, 2.75) is 51.5 Å². The molecular weight excluding hydrogens is 400 g/mol. The topological polar surface area (TPSA) is 65.5 Å². The molecule has 0 unspecified atom stereocenters. The number of carbonyl (C=O) groups excluding carboxylic acids is 2. The Bertz CT molecular complexity index is 931. The minimum Gasteiger partial charge on any atom is -0.370 e. The third-order valence-corrected chi connectivity index (χ3v) is 6.51. The summed E-state index contributed by atoms with van der Waals surface area (Å²) in [6.07, 6.45) is 6.62. The van der Waals surface area contributed by atoms with Crippen molar-refractivity contribution in [3.63, 3.8) is 0 Å². The molecule has 1 atom stereocenters. The van der Waals surface area contributed by atoms with Crippen molar-refractivity contribution in [2.24, 2.45) is 0 Å². The van der Waals surface area contributed by atoms with Gasteiger partial charge in [-0.2, -0.15) is 0 Å². The van der Waals surface area contributed by atoms with Crippen LogP contribution in [0.25, 0.3) is 0 Å². The summed E-state index contributed by atoms with van der Waals surface area (Å²) in [5.74, 6) is 1.14. The number of benzene rings is 1. The second-order valence-corrected chi connectivity index (χ2v) is 8.94. The zero-order valence-electron chi connectivity index (χ0n) is 19.1. The second-order valence-electron chi connectivity index (χ2n) is 8.94. The van der Waals surface area contributed by atoms with E-state index < -0.39 is 6.04 Å². The van der Waals surface area contributed by atoms with Gasteiger partial charge in [0.1, 0.15) is 11.9 Å². The fraction of sp³-hybridized carbons (Fsp3) is 0.500. The van der Waals surface area contributed by atoms with Gasteiger partial charge in [0.15, 0.2) is 5.78 Å². The molecule has 3 heterocycles. The SMILES string of the molecule is CC(=O)[C@@H](c1ccccc1)N1CCN(CCCCCc2ccc3c(n2)NCCC3)CC1=O. The summed E-state index contributed by atoms with van der Waals surface area (Å²) in [5.41, 5.74) is 3.40. The summed E-state index contributed by atoms with van der Waals surface area (Å²) in [6.45, 7) is 5.34. The molecule has 1 saturated heterocycles. The highest BCUT2D eigenvalue weighted by Crippen LogP contribution is 2.24. The lowest BCUT2D eigenvalue weighted by Crippen LogP contribution is -2.52. The number of piperazine rings is 1. The Kier molecular flexibility index (Phi) is 7.53. The van der Waals surface area contributed by atoms with Crippen LogP contribution in [0.4, 0.5) is 5.82 Å². The number of unbranched alkanes of at least 4 members (excludes halogenated alkanes) is 2. The molecule has 0 radical (unpaired) electrons. The van der Waals surface area contributed by atoms with Crippen LogP contribution < -0.4 is 5.32 Å². The first kappa shape index (κ1) is 22.5. The minimum atomic E-state index is -0.468. The van der Waals surface area contributed by atoms with E-state index in [2.05, 4.69) is 22.3 Å². The van der Waals surface area contributed by atoms with Gasteiger partial charge in [-0.1, -0.05) is 42.8 Å². The van der Waals surface area contributed by atoms with Crippen LogP contribution in [0, 0.1) is 0 Å². The van der Waals surface area contributed by atoms with Crippen LogP contribution in [0.2, 0.25) is 0 Å². The van der Waals surface area contributed by atoms with Gasteiger partial charge in [-0.25, -0.2) is 4.98 Å². The summed E-state index contributed by atoms with van der Waals surface area (Å²) in [6, 6.07) is 13.5. The molecular formula is C26H34N4O2. The normalized spacial score (nSPS) is 17.5. The smallest absolute Gasteiger partial charge is 0.237 e. The van der Waals surface area contributed by atoms with E-state index in [-0.39, 0.29) is 11.7 Å². The number of nitrogens with one attached hydrogen (secondary N) is 1. The molecule has 0 saturated carbocycles. The highest BCUT2D eigenvalue weighted by Gasteiger charge is 2.32. The van der Waals surface area contributed by atoms with Crippen molar-refractivity contribution >= 4 is 17.5 Å². The van der Waals surface area contributed by atoms with Crippen molar-refractivity contribution in [1.29, 1.82) is 0 Å². The molecule has 0 spiro atoms. The minimum absolute atomic E-state index is 0.0176. The van der Waals surface area contributed by atoms with Crippen LogP contribution in [0.3, 0.4) is 0 Å². The van der Waals surface area contributed by atoms with Gasteiger partial charge in [-0.05, 0) is 62.8 Å². The Hall–Kier alpha value is -2.73. The third kappa shape index (κ3) is 5.54. The maximum Gasteiger partial charge on any atom is 0.237 e. The Morgan fingerprint density at radius 1 is 1.09 bits per heavy atom. The predicted molar refractivity (Wildman–Crippen MR) is 127 cm³/mol. The summed E-state index contributed by atoms with van der Waals surface area (Å²) in [4.78, 5) is 33.9. The van der Waals surface area contributed by atoms with Crippen molar-refractivity contribution in [1.82, 2.24) is 14.8 Å². The molecule has 0 aliphatic carbocycles. The summed E-state index contributed by atoms with van der Waals surface area (Å²) in [5, 5.41) is 3.41. The molecule has 170 valence electrons. The van der Waals surface area contributed by atoms with Gasteiger partial charge in [-0.3, -0.25) is 14.5 Å². The number of rotatable bonds is 9. The Labute approximate surface area is 191 Å². The van der Waals surface area contributed by atoms with E-state index in [9.17, 15) is 9.59 Å². The van der Waals surface area contributed by atoms with E-state index in [1.54, 1.807) is 11.8 Å². The van der Waals surface area contributed by atoms with Gasteiger partial charge in [0.2, 0.25) is 5.91 Å². The summed E-state index contributed by atoms with van der Waals surface area (Å²) in [7, 11) is 0. The molecule has 2 aliphatic heterocycles. The number of hydrogen-bond donors (Lipinski definition) is 1. The fourth-order valence-corrected chi connectivity index (χ4v) is 4.79. The Morgan fingerprint density at radius 2 is 1.94 bits per heavy atom. The number of ketones is 1. The Balaban J connectivity index is 1.20. The number of aryl methyl sites for hydroxylation is 2. The standard InChI is InChI=1S/C26H34N4O2/c1-20(31)25(21-9-4-2-5-10-21)30-18-17-29(19-24(30)32)16-7-3-6-12-23-14-13-22-11-8-15-27-26(22)28-23/h2,4-5,9-10,13-14,25H,3,6-8,11-12,15-19H2,1H3,(H,27,28)/t25-/m0/s1. The summed E-state index contributed by atoms with van der Waals surface area (Å²) < 4.78 is 0. The largest absolute Gasteiger partial charge is 0.370 e. The number of nitrogens with zero attached hydrogens (tertiary/aromatic N) is 3. The fourth-order valence-electron chi connectivity index (χ4n) is 4.79. The lowest BCUT2D eigenvalue weighted by Gasteiger charge is -2.38. The predicted octanol–water partition coefficient (Wildman–Crippen LogP) is 3.63. The van der Waals surface area contributed by atoms with E-state index in [0.717, 1.165) is 68.8 Å². The first-order chi connectivity index (χ1) is 15.6. The van der Waals surface area contributed by atoms with Gasteiger partial charge in [-0.15, -0.1) is 0 Å². The molecule has 1 N–H and O–H groups in total. The number of amides is 1. The molecule has 2 aliphatic rings. The molecule has 2 aromatic rings. The van der Waals surface area contributed by atoms with E-state index >= 15 is 0 Å². The third-order valence-electron chi connectivity index (χ3n) is 6.51. The lowest BCUT2D eigenvalue weighted by atomic mass is 10.0. The quantitative estimate of drug-likeness (QED) is 0.611. The van der Waals surface area contributed by atoms with Crippen molar-refractivity contribution < 1.29 is 9.59 Å². The zero-order chi connectivity index (χ0) is 22.3. The first-order valence-electron chi connectivity index (χ1n) is 11.9. The zero-order valence-corrected chi connectivity index (χ0v) is 19.1. The van der Waals surface area contributed by atoms with Crippen LogP contribution in [0.15, 0.2) is 42.5 Å². The lowest BCUT2D eigenvalue weighted by molar-refractivity contribution is -0.143. The average molecular weight is 435 g/mol. The van der Waals surface area contributed by atoms with Gasteiger partial charge < -0.3 is 10.2 Å². The highest BCUT2D eigenvalue weighted by atomic mass is 16.2. The number of anilines is 1. The van der Waals surface area contributed by atoms with Crippen LogP contribution in [-0.4, -0.2) is 59.2 Å². The van der Waals surface area contributed by atoms with E-state index in [1.807, 2.05) is 30.3 Å². The van der Waals surface area contributed by atoms with Crippen LogP contribution >= 0.6 is 0 Å². The molecule has 1 fully saturated rings. The number of carbonyl (C=O) groups is 2. The molecule has 1 amide bonds. The van der Waals surface area contributed by atoms with E-state index in [4.69, 9.17) is 4.98 Å². The number of fused-ring (bicyclic) bond motifs is 1. The van der Waals surface area contributed by atoms with Gasteiger partial charge in [0.25, 0.3) is 0 Å². The molecule has 0 bridgehead atoms. The second kappa shape index (κ2) is 10.7. The van der Waals surface area contributed by atoms with Crippen LogP contribution in [0.1, 0.15) is 55.5 Å². The van der Waals surface area contributed by atoms with Gasteiger partial charge in [0, 0.05) is 25.3 Å². The van der Waals surface area contributed by atoms with Gasteiger partial charge in [0.05, 0.1) is 6.54 Å². The number of pyridine rings is 1. The van der Waals surface area contributed by atoms with Crippen LogP contribution in [0.5, 0.6) is 0 Å². The molecule has 4 rings (SSSR count). The Morgan fingerprint density at radius 3 is 2.72 bits per heavy atom. The molecule has 6 nitrogen and oxygen atoms in total. The van der Waals surface area contributed by atoms with Crippen molar-refractivity contribution in [3.05, 3.63) is 59.3 Å². The molecule has 1 aromatic carbocycles. The molecule has 32 heavy (non-hydrogen) atoms. The molecule has 6 heteroatoms. The maximum atomic E-state index is 12.8. The van der Waals surface area contributed by atoms with E-state index in [0.29, 0.717) is 13.1 Å². The number of Topliss-reactive ketones (excluding diaryl/α,β-unsaturated/α-hetero) is 1. The number of aromatic nitrogens is 1. The van der Waals surface area contributed by atoms with Crippen molar-refractivity contribution in [2.75, 3.05) is 38.0 Å². The first-order valence-corrected chi connectivity index (χ1v) is 11.9. The number of hydrogen-bond acceptors (Lipinski definition) is 5. The van der Waals surface area contributed by atoms with E-state index in [1.165, 1.54) is 12.0 Å².